The number of hydrogen-bond donors (Lipinski definition) is 1. The number of aromatic amines is 1. The van der Waals surface area contributed by atoms with Crippen molar-refractivity contribution in [1.29, 1.82) is 0 Å². The standard InChI is InChI=1S/C16H20N4O4S/c1-21-12-8-14(23-3)13(22-2)7-10(12)9-17-20-15(18-19-16(20)25)11-5-4-6-24-11/h7-9,11H,4-6H2,1-3H3,(H,19,25)/b17-9-/t11-/m0/s1. The van der Waals surface area contributed by atoms with Gasteiger partial charge in [0.2, 0.25) is 4.77 Å². The summed E-state index contributed by atoms with van der Waals surface area (Å²) < 4.78 is 23.7. The molecule has 1 aromatic heterocycles. The van der Waals surface area contributed by atoms with E-state index in [0.717, 1.165) is 25.0 Å². The van der Waals surface area contributed by atoms with Gasteiger partial charge in [0.05, 0.1) is 27.5 Å². The highest BCUT2D eigenvalue weighted by Gasteiger charge is 2.23. The first-order chi connectivity index (χ1) is 12.2. The van der Waals surface area contributed by atoms with Crippen LogP contribution in [0, 0.1) is 4.77 Å². The Bertz CT molecular complexity index is 824. The van der Waals surface area contributed by atoms with Crippen molar-refractivity contribution in [3.05, 3.63) is 28.3 Å². The minimum atomic E-state index is -0.0996. The number of rotatable bonds is 6. The number of H-pyrrole nitrogens is 1. The summed E-state index contributed by atoms with van der Waals surface area (Å²) >= 11 is 5.27. The average molecular weight is 364 g/mol. The van der Waals surface area contributed by atoms with Gasteiger partial charge in [0.15, 0.2) is 17.3 Å². The van der Waals surface area contributed by atoms with E-state index < -0.39 is 0 Å². The number of methoxy groups -OCH3 is 3. The largest absolute Gasteiger partial charge is 0.496 e. The average Bonchev–Trinajstić information content (AvgIpc) is 3.28. The zero-order valence-corrected chi connectivity index (χ0v) is 15.1. The second-order valence-corrected chi connectivity index (χ2v) is 5.78. The zero-order chi connectivity index (χ0) is 17.8. The van der Waals surface area contributed by atoms with Crippen LogP contribution < -0.4 is 14.2 Å². The van der Waals surface area contributed by atoms with E-state index in [2.05, 4.69) is 15.3 Å². The highest BCUT2D eigenvalue weighted by atomic mass is 32.1. The summed E-state index contributed by atoms with van der Waals surface area (Å²) in [4.78, 5) is 0. The number of benzene rings is 1. The van der Waals surface area contributed by atoms with Gasteiger partial charge in [-0.15, -0.1) is 0 Å². The topological polar surface area (TPSA) is 82.9 Å². The number of aromatic nitrogens is 3. The van der Waals surface area contributed by atoms with Crippen molar-refractivity contribution in [3.8, 4) is 17.2 Å². The normalized spacial score (nSPS) is 17.2. The third-order valence-electron chi connectivity index (χ3n) is 3.94. The Labute approximate surface area is 150 Å². The summed E-state index contributed by atoms with van der Waals surface area (Å²) in [5, 5.41) is 11.5. The second-order valence-electron chi connectivity index (χ2n) is 5.39. The van der Waals surface area contributed by atoms with Crippen molar-refractivity contribution >= 4 is 18.4 Å². The first-order valence-corrected chi connectivity index (χ1v) is 8.22. The maximum absolute atomic E-state index is 5.67. The van der Waals surface area contributed by atoms with Crippen LogP contribution in [0.4, 0.5) is 0 Å². The molecule has 1 N–H and O–H groups in total. The van der Waals surface area contributed by atoms with Crippen LogP contribution in [-0.4, -0.2) is 49.0 Å². The summed E-state index contributed by atoms with van der Waals surface area (Å²) in [5.74, 6) is 2.43. The molecule has 1 aliphatic heterocycles. The number of nitrogens with zero attached hydrogens (tertiary/aromatic N) is 3. The molecule has 2 aromatic rings. The van der Waals surface area contributed by atoms with E-state index in [1.165, 1.54) is 0 Å². The van der Waals surface area contributed by atoms with Crippen molar-refractivity contribution in [3.63, 3.8) is 0 Å². The lowest BCUT2D eigenvalue weighted by Crippen LogP contribution is -2.05. The van der Waals surface area contributed by atoms with Crippen LogP contribution in [0.5, 0.6) is 17.2 Å². The Morgan fingerprint density at radius 3 is 2.60 bits per heavy atom. The fourth-order valence-electron chi connectivity index (χ4n) is 2.68. The molecule has 1 aliphatic rings. The van der Waals surface area contributed by atoms with Crippen molar-refractivity contribution < 1.29 is 18.9 Å². The van der Waals surface area contributed by atoms with E-state index in [9.17, 15) is 0 Å². The molecule has 1 fully saturated rings. The summed E-state index contributed by atoms with van der Waals surface area (Å²) in [6.45, 7) is 0.720. The van der Waals surface area contributed by atoms with E-state index in [0.29, 0.717) is 27.8 Å². The molecule has 134 valence electrons. The number of nitrogens with one attached hydrogen (secondary N) is 1. The highest BCUT2D eigenvalue weighted by molar-refractivity contribution is 7.71. The molecule has 9 heteroatoms. The van der Waals surface area contributed by atoms with Gasteiger partial charge in [0, 0.05) is 18.2 Å². The first kappa shape index (κ1) is 17.4. The zero-order valence-electron chi connectivity index (χ0n) is 14.3. The van der Waals surface area contributed by atoms with Crippen molar-refractivity contribution in [1.82, 2.24) is 14.9 Å². The predicted octanol–water partition coefficient (Wildman–Crippen LogP) is 2.70. The minimum absolute atomic E-state index is 0.0996. The molecule has 0 saturated carbocycles. The van der Waals surface area contributed by atoms with E-state index in [1.807, 2.05) is 0 Å². The summed E-state index contributed by atoms with van der Waals surface area (Å²) in [7, 11) is 4.73. The van der Waals surface area contributed by atoms with Gasteiger partial charge < -0.3 is 18.9 Å². The van der Waals surface area contributed by atoms with Crippen LogP contribution >= 0.6 is 12.2 Å². The van der Waals surface area contributed by atoms with Gasteiger partial charge in [0.1, 0.15) is 11.9 Å². The van der Waals surface area contributed by atoms with Gasteiger partial charge in [-0.2, -0.15) is 14.9 Å². The van der Waals surface area contributed by atoms with Gasteiger partial charge in [-0.1, -0.05) is 0 Å². The van der Waals surface area contributed by atoms with Crippen LogP contribution in [0.15, 0.2) is 17.2 Å². The molecule has 1 saturated heterocycles. The molecular formula is C16H20N4O4S. The minimum Gasteiger partial charge on any atom is -0.496 e. The molecule has 0 aliphatic carbocycles. The highest BCUT2D eigenvalue weighted by Crippen LogP contribution is 2.34. The van der Waals surface area contributed by atoms with Crippen molar-refractivity contribution in [2.75, 3.05) is 27.9 Å². The molecule has 8 nitrogen and oxygen atoms in total. The monoisotopic (exact) mass is 364 g/mol. The molecule has 0 amide bonds. The lowest BCUT2D eigenvalue weighted by atomic mass is 10.2. The van der Waals surface area contributed by atoms with E-state index in [4.69, 9.17) is 31.2 Å². The lowest BCUT2D eigenvalue weighted by Gasteiger charge is -2.12. The lowest BCUT2D eigenvalue weighted by molar-refractivity contribution is 0.102. The van der Waals surface area contributed by atoms with Crippen molar-refractivity contribution in [2.24, 2.45) is 5.10 Å². The molecule has 0 radical (unpaired) electrons. The Hall–Kier alpha value is -2.39. The van der Waals surface area contributed by atoms with E-state index in [-0.39, 0.29) is 6.10 Å². The Kier molecular flexibility index (Phi) is 5.34. The third-order valence-corrected chi connectivity index (χ3v) is 4.21. The Morgan fingerprint density at radius 1 is 1.24 bits per heavy atom. The molecule has 3 rings (SSSR count). The smallest absolute Gasteiger partial charge is 0.216 e. The quantitative estimate of drug-likeness (QED) is 0.627. The maximum Gasteiger partial charge on any atom is 0.216 e. The SMILES string of the molecule is COc1cc(OC)c(OC)cc1/C=N\n1c([C@@H]2CCCO2)n[nH]c1=S. The second kappa shape index (κ2) is 7.66. The Morgan fingerprint density at radius 2 is 1.96 bits per heavy atom. The molecule has 25 heavy (non-hydrogen) atoms. The van der Waals surface area contributed by atoms with Crippen LogP contribution in [0.3, 0.4) is 0 Å². The van der Waals surface area contributed by atoms with Crippen LogP contribution in [-0.2, 0) is 4.74 Å². The molecule has 0 bridgehead atoms. The molecular weight excluding hydrogens is 344 g/mol. The van der Waals surface area contributed by atoms with Crippen LogP contribution in [0.25, 0.3) is 0 Å². The summed E-state index contributed by atoms with van der Waals surface area (Å²) in [6.07, 6.45) is 3.44. The molecule has 2 heterocycles. The van der Waals surface area contributed by atoms with Gasteiger partial charge in [-0.3, -0.25) is 5.10 Å². The summed E-state index contributed by atoms with van der Waals surface area (Å²) in [5.41, 5.74) is 0.724. The van der Waals surface area contributed by atoms with Gasteiger partial charge >= 0.3 is 0 Å². The fourth-order valence-corrected chi connectivity index (χ4v) is 2.87. The fraction of sp³-hybridized carbons (Fsp3) is 0.438. The predicted molar refractivity (Wildman–Crippen MR) is 94.4 cm³/mol. The van der Waals surface area contributed by atoms with Crippen molar-refractivity contribution in [2.45, 2.75) is 18.9 Å². The number of ether oxygens (including phenoxy) is 4. The first-order valence-electron chi connectivity index (χ1n) is 7.81. The maximum atomic E-state index is 5.67. The number of hydrogen-bond acceptors (Lipinski definition) is 7. The van der Waals surface area contributed by atoms with E-state index in [1.54, 1.807) is 44.4 Å². The summed E-state index contributed by atoms with van der Waals surface area (Å²) in [6, 6.07) is 3.53. The third kappa shape index (κ3) is 3.52. The molecule has 0 spiro atoms. The van der Waals surface area contributed by atoms with Crippen LogP contribution in [0.1, 0.15) is 30.3 Å². The molecule has 1 aromatic carbocycles. The molecule has 1 atom stereocenters. The molecule has 0 unspecified atom stereocenters. The Balaban J connectivity index is 1.97. The van der Waals surface area contributed by atoms with Gasteiger partial charge in [-0.25, -0.2) is 0 Å². The van der Waals surface area contributed by atoms with Crippen LogP contribution in [0.2, 0.25) is 0 Å². The van der Waals surface area contributed by atoms with Gasteiger partial charge in [-0.05, 0) is 31.1 Å². The van der Waals surface area contributed by atoms with Gasteiger partial charge in [0.25, 0.3) is 0 Å². The van der Waals surface area contributed by atoms with E-state index >= 15 is 0 Å².